The van der Waals surface area contributed by atoms with Crippen LogP contribution in [0.4, 0.5) is 15.2 Å². The molecule has 0 bridgehead atoms. The molecule has 2 aromatic rings. The molecule has 2 heterocycles. The van der Waals surface area contributed by atoms with E-state index < -0.39 is 5.92 Å². The molecule has 0 saturated carbocycles. The molecule has 2 amide bonds. The van der Waals surface area contributed by atoms with Gasteiger partial charge >= 0.3 is 0 Å². The Kier molecular flexibility index (Phi) is 5.10. The van der Waals surface area contributed by atoms with Gasteiger partial charge in [-0.15, -0.1) is 10.2 Å². The van der Waals surface area contributed by atoms with Gasteiger partial charge in [0.1, 0.15) is 5.82 Å². The summed E-state index contributed by atoms with van der Waals surface area (Å²) in [7, 11) is 0. The second-order valence-electron chi connectivity index (χ2n) is 5.18. The number of benzene rings is 1. The number of aromatic nitrogens is 2. The number of hydrogen-bond acceptors (Lipinski definition) is 6. The number of nitrogens with one attached hydrogen (secondary N) is 1. The van der Waals surface area contributed by atoms with Crippen LogP contribution in [0.5, 0.6) is 0 Å². The second kappa shape index (κ2) is 7.27. The first-order valence-corrected chi connectivity index (χ1v) is 9.20. The van der Waals surface area contributed by atoms with E-state index in [1.165, 1.54) is 40.5 Å². The number of carbonyl (C=O) groups excluding carboxylic acids is 2. The number of rotatable bonds is 5. The van der Waals surface area contributed by atoms with E-state index in [1.807, 2.05) is 6.92 Å². The van der Waals surface area contributed by atoms with Gasteiger partial charge in [-0.2, -0.15) is 0 Å². The normalized spacial score (nSPS) is 17.3. The van der Waals surface area contributed by atoms with Crippen molar-refractivity contribution in [3.63, 3.8) is 0 Å². The van der Waals surface area contributed by atoms with E-state index in [0.717, 1.165) is 10.1 Å². The van der Waals surface area contributed by atoms with E-state index in [1.54, 1.807) is 11.8 Å². The van der Waals surface area contributed by atoms with Crippen molar-refractivity contribution in [2.45, 2.75) is 17.7 Å². The van der Waals surface area contributed by atoms with Gasteiger partial charge in [-0.05, 0) is 30.0 Å². The Labute approximate surface area is 146 Å². The van der Waals surface area contributed by atoms with Crippen molar-refractivity contribution in [1.82, 2.24) is 10.2 Å². The summed E-state index contributed by atoms with van der Waals surface area (Å²) in [5.74, 6) is -0.351. The molecule has 1 unspecified atom stereocenters. The van der Waals surface area contributed by atoms with Crippen molar-refractivity contribution in [3.05, 3.63) is 30.1 Å². The molecule has 0 radical (unpaired) electrons. The first kappa shape index (κ1) is 16.8. The smallest absolute Gasteiger partial charge is 0.231 e. The van der Waals surface area contributed by atoms with Crippen molar-refractivity contribution in [1.29, 1.82) is 0 Å². The monoisotopic (exact) mass is 366 g/mol. The van der Waals surface area contributed by atoms with Crippen LogP contribution in [0.25, 0.3) is 0 Å². The van der Waals surface area contributed by atoms with Crippen LogP contribution >= 0.6 is 23.1 Å². The van der Waals surface area contributed by atoms with Gasteiger partial charge in [-0.3, -0.25) is 9.59 Å². The van der Waals surface area contributed by atoms with E-state index in [2.05, 4.69) is 15.5 Å². The number of halogens is 1. The van der Waals surface area contributed by atoms with Crippen LogP contribution in [0.15, 0.2) is 28.6 Å². The maximum atomic E-state index is 13.0. The topological polar surface area (TPSA) is 75.2 Å². The van der Waals surface area contributed by atoms with Crippen LogP contribution in [0.2, 0.25) is 0 Å². The molecule has 1 N–H and O–H groups in total. The van der Waals surface area contributed by atoms with Gasteiger partial charge in [0, 0.05) is 18.7 Å². The minimum atomic E-state index is -0.464. The third kappa shape index (κ3) is 3.73. The molecule has 6 nitrogen and oxygen atoms in total. The molecular formula is C15H15FN4O2S2. The predicted octanol–water partition coefficient (Wildman–Crippen LogP) is 2.78. The van der Waals surface area contributed by atoms with Gasteiger partial charge in [0.05, 0.1) is 5.92 Å². The average Bonchev–Trinajstić information content (AvgIpc) is 3.15. The Balaban J connectivity index is 1.64. The third-order valence-electron chi connectivity index (χ3n) is 3.54. The molecule has 1 aliphatic heterocycles. The van der Waals surface area contributed by atoms with Crippen LogP contribution in [0.1, 0.15) is 13.3 Å². The van der Waals surface area contributed by atoms with Crippen molar-refractivity contribution in [2.75, 3.05) is 22.5 Å². The van der Waals surface area contributed by atoms with Crippen LogP contribution < -0.4 is 10.2 Å². The Morgan fingerprint density at radius 3 is 2.88 bits per heavy atom. The van der Waals surface area contributed by atoms with Gasteiger partial charge in [-0.25, -0.2) is 4.39 Å². The van der Waals surface area contributed by atoms with E-state index in [0.29, 0.717) is 10.8 Å². The first-order chi connectivity index (χ1) is 11.6. The van der Waals surface area contributed by atoms with Crippen LogP contribution in [-0.4, -0.2) is 34.3 Å². The number of thioether (sulfide) groups is 1. The zero-order valence-corrected chi connectivity index (χ0v) is 14.5. The summed E-state index contributed by atoms with van der Waals surface area (Å²) in [5, 5.41) is 11.1. The molecular weight excluding hydrogens is 351 g/mol. The maximum Gasteiger partial charge on any atom is 0.231 e. The summed E-state index contributed by atoms with van der Waals surface area (Å²) in [4.78, 5) is 26.0. The molecule has 1 atom stereocenters. The third-order valence-corrected chi connectivity index (χ3v) is 5.39. The van der Waals surface area contributed by atoms with Gasteiger partial charge in [0.2, 0.25) is 16.9 Å². The molecule has 1 saturated heterocycles. The number of hydrogen-bond donors (Lipinski definition) is 1. The van der Waals surface area contributed by atoms with Gasteiger partial charge < -0.3 is 10.2 Å². The quantitative estimate of drug-likeness (QED) is 0.650. The highest BCUT2D eigenvalue weighted by atomic mass is 32.2. The second-order valence-corrected chi connectivity index (χ2v) is 7.67. The molecule has 9 heteroatoms. The number of nitrogens with zero attached hydrogens (tertiary/aromatic N) is 3. The van der Waals surface area contributed by atoms with Crippen LogP contribution in [0, 0.1) is 11.7 Å². The Hall–Kier alpha value is -2.00. The number of anilines is 2. The van der Waals surface area contributed by atoms with Crippen molar-refractivity contribution in [3.8, 4) is 0 Å². The lowest BCUT2D eigenvalue weighted by Crippen LogP contribution is -2.28. The highest BCUT2D eigenvalue weighted by Gasteiger charge is 2.35. The average molecular weight is 366 g/mol. The zero-order chi connectivity index (χ0) is 17.1. The SMILES string of the molecule is CCSc1nnc(NC(=O)C2CC(=O)N(c3ccc(F)cc3)C2)s1. The Morgan fingerprint density at radius 2 is 2.17 bits per heavy atom. The van der Waals surface area contributed by atoms with E-state index in [-0.39, 0.29) is 30.6 Å². The summed E-state index contributed by atoms with van der Waals surface area (Å²) in [6, 6.07) is 5.66. The van der Waals surface area contributed by atoms with Gasteiger partial charge in [0.15, 0.2) is 4.34 Å². The molecule has 1 aromatic heterocycles. The van der Waals surface area contributed by atoms with E-state index in [9.17, 15) is 14.0 Å². The fourth-order valence-electron chi connectivity index (χ4n) is 2.40. The van der Waals surface area contributed by atoms with E-state index >= 15 is 0 Å². The Morgan fingerprint density at radius 1 is 1.42 bits per heavy atom. The molecule has 0 spiro atoms. The molecule has 1 fully saturated rings. The van der Waals surface area contributed by atoms with Crippen LogP contribution in [0.3, 0.4) is 0 Å². The molecule has 126 valence electrons. The molecule has 24 heavy (non-hydrogen) atoms. The van der Waals surface area contributed by atoms with Crippen molar-refractivity contribution < 1.29 is 14.0 Å². The molecule has 3 rings (SSSR count). The van der Waals surface area contributed by atoms with E-state index in [4.69, 9.17) is 0 Å². The van der Waals surface area contributed by atoms with Gasteiger partial charge in [0.25, 0.3) is 0 Å². The summed E-state index contributed by atoms with van der Waals surface area (Å²) in [6.07, 6.45) is 0.124. The van der Waals surface area contributed by atoms with Gasteiger partial charge in [-0.1, -0.05) is 30.0 Å². The first-order valence-electron chi connectivity index (χ1n) is 7.40. The highest BCUT2D eigenvalue weighted by molar-refractivity contribution is 8.01. The highest BCUT2D eigenvalue weighted by Crippen LogP contribution is 2.28. The summed E-state index contributed by atoms with van der Waals surface area (Å²) in [5.41, 5.74) is 0.592. The maximum absolute atomic E-state index is 13.0. The molecule has 0 aliphatic carbocycles. The lowest BCUT2D eigenvalue weighted by molar-refractivity contribution is -0.122. The predicted molar refractivity (Wildman–Crippen MR) is 91.8 cm³/mol. The zero-order valence-electron chi connectivity index (χ0n) is 12.9. The summed E-state index contributed by atoms with van der Waals surface area (Å²) in [6.45, 7) is 2.28. The minimum absolute atomic E-state index is 0.124. The lowest BCUT2D eigenvalue weighted by Gasteiger charge is -2.16. The number of amides is 2. The summed E-state index contributed by atoms with van der Waals surface area (Å²) >= 11 is 2.87. The summed E-state index contributed by atoms with van der Waals surface area (Å²) < 4.78 is 13.8. The fraction of sp³-hybridized carbons (Fsp3) is 0.333. The fourth-order valence-corrected chi connectivity index (χ4v) is 4.06. The van der Waals surface area contributed by atoms with Crippen molar-refractivity contribution >= 4 is 45.7 Å². The van der Waals surface area contributed by atoms with Crippen molar-refractivity contribution in [2.24, 2.45) is 5.92 Å². The Bertz CT molecular complexity index is 750. The largest absolute Gasteiger partial charge is 0.312 e. The minimum Gasteiger partial charge on any atom is -0.312 e. The van der Waals surface area contributed by atoms with Crippen LogP contribution in [-0.2, 0) is 9.59 Å². The lowest BCUT2D eigenvalue weighted by atomic mass is 10.1. The number of carbonyl (C=O) groups is 2. The molecule has 1 aliphatic rings. The standard InChI is InChI=1S/C15H15FN4O2S2/c1-2-23-15-19-18-14(24-15)17-13(22)9-7-12(21)20(8-9)11-5-3-10(16)4-6-11/h3-6,9H,2,7-8H2,1H3,(H,17,18,22). The molecule has 1 aromatic carbocycles.